The van der Waals surface area contributed by atoms with Crippen molar-refractivity contribution in [3.05, 3.63) is 84.7 Å². The third kappa shape index (κ3) is 5.52. The Morgan fingerprint density at radius 1 is 0.975 bits per heavy atom. The van der Waals surface area contributed by atoms with E-state index >= 15 is 0 Å². The molecule has 0 aliphatic carbocycles. The Kier molecular flexibility index (Phi) is 7.41. The van der Waals surface area contributed by atoms with Gasteiger partial charge in [-0.3, -0.25) is 14.1 Å². The second-order valence-electron chi connectivity index (χ2n) is 9.82. The van der Waals surface area contributed by atoms with E-state index in [1.165, 1.54) is 5.69 Å². The van der Waals surface area contributed by atoms with E-state index in [0.29, 0.717) is 23.6 Å². The maximum absolute atomic E-state index is 12.9. The normalized spacial score (nSPS) is 14.0. The first-order chi connectivity index (χ1) is 19.7. The molecule has 0 spiro atoms. The van der Waals surface area contributed by atoms with Crippen LogP contribution in [0, 0.1) is 0 Å². The number of methoxy groups -OCH3 is 1. The van der Waals surface area contributed by atoms with Crippen LogP contribution >= 0.6 is 0 Å². The molecule has 2 N–H and O–H groups in total. The van der Waals surface area contributed by atoms with Crippen LogP contribution in [0.5, 0.6) is 5.75 Å². The average molecular weight is 537 g/mol. The van der Waals surface area contributed by atoms with Gasteiger partial charge in [-0.05, 0) is 67.6 Å². The van der Waals surface area contributed by atoms with Crippen molar-refractivity contribution >= 4 is 39.8 Å². The van der Waals surface area contributed by atoms with Crippen molar-refractivity contribution in [1.29, 1.82) is 0 Å². The number of carbonyl (C=O) groups excluding carboxylic acids is 1. The molecule has 3 aromatic carbocycles. The zero-order chi connectivity index (χ0) is 27.3. The summed E-state index contributed by atoms with van der Waals surface area (Å²) in [7, 11) is 1.69. The van der Waals surface area contributed by atoms with Crippen molar-refractivity contribution in [2.45, 2.75) is 6.42 Å². The molecule has 0 unspecified atom stereocenters. The van der Waals surface area contributed by atoms with Crippen LogP contribution in [0.15, 0.2) is 79.1 Å². The summed E-state index contributed by atoms with van der Waals surface area (Å²) in [5.74, 6) is 1.37. The largest absolute Gasteiger partial charge is 0.497 e. The summed E-state index contributed by atoms with van der Waals surface area (Å²) in [6.07, 6.45) is 2.58. The van der Waals surface area contributed by atoms with Crippen LogP contribution in [0.4, 0.5) is 17.2 Å². The molecule has 2 aromatic heterocycles. The lowest BCUT2D eigenvalue weighted by atomic mass is 10.2. The molecule has 10 nitrogen and oxygen atoms in total. The summed E-state index contributed by atoms with van der Waals surface area (Å²) < 4.78 is 7.16. The fraction of sp³-hybridized carbons (Fsp3) is 0.267. The van der Waals surface area contributed by atoms with E-state index in [4.69, 9.17) is 9.72 Å². The molecule has 3 heterocycles. The van der Waals surface area contributed by atoms with Gasteiger partial charge in [0.1, 0.15) is 12.1 Å². The van der Waals surface area contributed by atoms with E-state index < -0.39 is 0 Å². The standard InChI is InChI=1S/C30H32N8O2/c1-40-25-12-10-24(11-13-25)37-18-16-36(17-19-37)15-5-14-31-30(39)22-6-4-7-23(20-22)33-28-29-35-32-21-38(29)27-9-3-2-8-26(27)34-28/h2-4,6-13,20-21H,5,14-19H2,1H3,(H,31,39)(H,33,34). The number of hydrogen-bond donors (Lipinski definition) is 2. The molecule has 1 aliphatic rings. The van der Waals surface area contributed by atoms with Crippen LogP contribution in [0.1, 0.15) is 16.8 Å². The highest BCUT2D eigenvalue weighted by atomic mass is 16.5. The monoisotopic (exact) mass is 536 g/mol. The average Bonchev–Trinajstić information content (AvgIpc) is 3.51. The first-order valence-electron chi connectivity index (χ1n) is 13.5. The van der Waals surface area contributed by atoms with Crippen LogP contribution in [-0.2, 0) is 0 Å². The lowest BCUT2D eigenvalue weighted by Gasteiger charge is -2.36. The summed E-state index contributed by atoms with van der Waals surface area (Å²) in [4.78, 5) is 22.5. The number of rotatable bonds is 9. The number of fused-ring (bicyclic) bond motifs is 3. The second-order valence-corrected chi connectivity index (χ2v) is 9.82. The molecular formula is C30H32N8O2. The van der Waals surface area contributed by atoms with Crippen molar-refractivity contribution < 1.29 is 9.53 Å². The molecule has 0 bridgehead atoms. The Balaban J connectivity index is 0.997. The Labute approximate surface area is 232 Å². The highest BCUT2D eigenvalue weighted by Gasteiger charge is 2.17. The zero-order valence-corrected chi connectivity index (χ0v) is 22.5. The van der Waals surface area contributed by atoms with Gasteiger partial charge in [-0.25, -0.2) is 4.98 Å². The van der Waals surface area contributed by atoms with E-state index in [0.717, 1.165) is 61.6 Å². The van der Waals surface area contributed by atoms with Gasteiger partial charge in [-0.1, -0.05) is 18.2 Å². The molecule has 1 aliphatic heterocycles. The highest BCUT2D eigenvalue weighted by Crippen LogP contribution is 2.24. The van der Waals surface area contributed by atoms with Gasteiger partial charge in [0.05, 0.1) is 18.1 Å². The Morgan fingerprint density at radius 3 is 2.62 bits per heavy atom. The topological polar surface area (TPSA) is 99.9 Å². The van der Waals surface area contributed by atoms with E-state index in [9.17, 15) is 4.79 Å². The quantitative estimate of drug-likeness (QED) is 0.273. The summed E-state index contributed by atoms with van der Waals surface area (Å²) >= 11 is 0. The Morgan fingerprint density at radius 2 is 1.80 bits per heavy atom. The fourth-order valence-electron chi connectivity index (χ4n) is 5.09. The molecule has 0 saturated carbocycles. The number of para-hydroxylation sites is 2. The maximum atomic E-state index is 12.9. The molecule has 1 amide bonds. The number of amides is 1. The number of hydrogen-bond acceptors (Lipinski definition) is 8. The number of nitrogens with one attached hydrogen (secondary N) is 2. The van der Waals surface area contributed by atoms with Gasteiger partial charge in [-0.15, -0.1) is 10.2 Å². The van der Waals surface area contributed by atoms with E-state index in [1.54, 1.807) is 13.4 Å². The first-order valence-corrected chi connectivity index (χ1v) is 13.5. The molecule has 0 radical (unpaired) electrons. The highest BCUT2D eigenvalue weighted by molar-refractivity contribution is 5.95. The predicted molar refractivity (Wildman–Crippen MR) is 157 cm³/mol. The molecule has 6 rings (SSSR count). The molecule has 10 heteroatoms. The van der Waals surface area contributed by atoms with E-state index in [2.05, 4.69) is 42.8 Å². The lowest BCUT2D eigenvalue weighted by Crippen LogP contribution is -2.47. The molecule has 1 fully saturated rings. The van der Waals surface area contributed by atoms with Gasteiger partial charge in [-0.2, -0.15) is 0 Å². The van der Waals surface area contributed by atoms with Gasteiger partial charge in [0.25, 0.3) is 5.91 Å². The van der Waals surface area contributed by atoms with Crippen molar-refractivity contribution in [3.8, 4) is 5.75 Å². The van der Waals surface area contributed by atoms with Gasteiger partial charge in [0.15, 0.2) is 5.82 Å². The van der Waals surface area contributed by atoms with Crippen LogP contribution in [0.3, 0.4) is 0 Å². The summed E-state index contributed by atoms with van der Waals surface area (Å²) in [6.45, 7) is 5.59. The number of aromatic nitrogens is 4. The zero-order valence-electron chi connectivity index (χ0n) is 22.5. The number of ether oxygens (including phenoxy) is 1. The van der Waals surface area contributed by atoms with Gasteiger partial charge < -0.3 is 20.3 Å². The Hall–Kier alpha value is -4.70. The minimum absolute atomic E-state index is 0.0907. The van der Waals surface area contributed by atoms with Crippen molar-refractivity contribution in [2.75, 3.05) is 56.6 Å². The molecule has 1 saturated heterocycles. The molecular weight excluding hydrogens is 504 g/mol. The van der Waals surface area contributed by atoms with Crippen LogP contribution in [-0.4, -0.2) is 76.8 Å². The van der Waals surface area contributed by atoms with Gasteiger partial charge in [0.2, 0.25) is 5.65 Å². The molecule has 204 valence electrons. The fourth-order valence-corrected chi connectivity index (χ4v) is 5.09. The van der Waals surface area contributed by atoms with Crippen LogP contribution in [0.25, 0.3) is 16.7 Å². The lowest BCUT2D eigenvalue weighted by molar-refractivity contribution is 0.0951. The van der Waals surface area contributed by atoms with Gasteiger partial charge in [0, 0.05) is 49.7 Å². The third-order valence-electron chi connectivity index (χ3n) is 7.27. The number of piperazine rings is 1. The number of anilines is 3. The first kappa shape index (κ1) is 25.6. The number of nitrogens with zero attached hydrogens (tertiary/aromatic N) is 6. The predicted octanol–water partition coefficient (Wildman–Crippen LogP) is 3.97. The molecule has 40 heavy (non-hydrogen) atoms. The maximum Gasteiger partial charge on any atom is 0.251 e. The van der Waals surface area contributed by atoms with Crippen molar-refractivity contribution in [2.24, 2.45) is 0 Å². The SMILES string of the molecule is COc1ccc(N2CCN(CCCNC(=O)c3cccc(Nc4nc5ccccc5n5cnnc45)c3)CC2)cc1. The van der Waals surface area contributed by atoms with Crippen molar-refractivity contribution in [1.82, 2.24) is 29.8 Å². The van der Waals surface area contributed by atoms with Crippen LogP contribution in [0.2, 0.25) is 0 Å². The van der Waals surface area contributed by atoms with Crippen LogP contribution < -0.4 is 20.3 Å². The van der Waals surface area contributed by atoms with E-state index in [-0.39, 0.29) is 5.91 Å². The second kappa shape index (κ2) is 11.6. The third-order valence-corrected chi connectivity index (χ3v) is 7.27. The minimum atomic E-state index is -0.0907. The number of carbonyl (C=O) groups is 1. The van der Waals surface area contributed by atoms with Crippen molar-refractivity contribution in [3.63, 3.8) is 0 Å². The van der Waals surface area contributed by atoms with Gasteiger partial charge >= 0.3 is 0 Å². The molecule has 0 atom stereocenters. The summed E-state index contributed by atoms with van der Waals surface area (Å²) in [6, 6.07) is 23.5. The minimum Gasteiger partial charge on any atom is -0.497 e. The Bertz CT molecular complexity index is 1610. The summed E-state index contributed by atoms with van der Waals surface area (Å²) in [5.41, 5.74) is 4.96. The van der Waals surface area contributed by atoms with E-state index in [1.807, 2.05) is 65.1 Å². The summed E-state index contributed by atoms with van der Waals surface area (Å²) in [5, 5.41) is 14.7. The number of benzene rings is 3. The molecule has 5 aromatic rings. The smallest absolute Gasteiger partial charge is 0.251 e.